The van der Waals surface area contributed by atoms with Gasteiger partial charge >= 0.3 is 0 Å². The average Bonchev–Trinajstić information content (AvgIpc) is 3.36. The third-order valence-electron chi connectivity index (χ3n) is 7.40. The Morgan fingerprint density at radius 3 is 2.62 bits per heavy atom. The highest BCUT2D eigenvalue weighted by molar-refractivity contribution is 7.17. The molecule has 2 aliphatic rings. The van der Waals surface area contributed by atoms with Gasteiger partial charge in [0, 0.05) is 25.2 Å². The number of rotatable bonds is 5. The number of benzene rings is 2. The summed E-state index contributed by atoms with van der Waals surface area (Å²) in [6.45, 7) is 4.56. The lowest BCUT2D eigenvalue weighted by atomic mass is 9.90. The van der Waals surface area contributed by atoms with Crippen molar-refractivity contribution in [2.24, 2.45) is 11.8 Å². The predicted molar refractivity (Wildman–Crippen MR) is 129 cm³/mol. The first-order valence-electron chi connectivity index (χ1n) is 11.5. The van der Waals surface area contributed by atoms with Crippen LogP contribution in [0.4, 0.5) is 0 Å². The van der Waals surface area contributed by atoms with E-state index in [1.165, 1.54) is 21.2 Å². The Hall–Kier alpha value is -2.66. The van der Waals surface area contributed by atoms with Gasteiger partial charge in [0.25, 0.3) is 0 Å². The van der Waals surface area contributed by atoms with Gasteiger partial charge in [-0.05, 0) is 58.2 Å². The van der Waals surface area contributed by atoms with Crippen LogP contribution in [0.25, 0.3) is 10.1 Å². The van der Waals surface area contributed by atoms with Crippen LogP contribution in [-0.4, -0.2) is 35.2 Å². The maximum atomic E-state index is 13.7. The van der Waals surface area contributed by atoms with E-state index in [4.69, 9.17) is 0 Å². The molecule has 1 aliphatic carbocycles. The lowest BCUT2D eigenvalue weighted by Gasteiger charge is -2.38. The molecule has 0 bridgehead atoms. The molecule has 4 nitrogen and oxygen atoms in total. The SMILES string of the molecule is CC(=O)N1CCc2ccccc2[C@@H]1CC(=O)N(C)[C@H](c1csc2ccccc12)[C@@H]1C[C@H]1C. The fourth-order valence-corrected chi connectivity index (χ4v) is 6.45. The molecular formula is C27H30N2O2S. The highest BCUT2D eigenvalue weighted by Crippen LogP contribution is 2.51. The molecule has 32 heavy (non-hydrogen) atoms. The molecule has 0 spiro atoms. The summed E-state index contributed by atoms with van der Waals surface area (Å²) in [4.78, 5) is 29.9. The summed E-state index contributed by atoms with van der Waals surface area (Å²) in [5, 5.41) is 3.50. The molecule has 4 atom stereocenters. The van der Waals surface area contributed by atoms with Gasteiger partial charge in [-0.3, -0.25) is 9.59 Å². The van der Waals surface area contributed by atoms with E-state index in [0.717, 1.165) is 18.4 Å². The number of carbonyl (C=O) groups is 2. The lowest BCUT2D eigenvalue weighted by molar-refractivity contribution is -0.137. The zero-order chi connectivity index (χ0) is 22.4. The topological polar surface area (TPSA) is 40.6 Å². The Kier molecular flexibility index (Phi) is 5.54. The predicted octanol–water partition coefficient (Wildman–Crippen LogP) is 5.59. The molecular weight excluding hydrogens is 416 g/mol. The normalized spacial score (nSPS) is 23.0. The van der Waals surface area contributed by atoms with Gasteiger partial charge in [-0.1, -0.05) is 49.4 Å². The van der Waals surface area contributed by atoms with Gasteiger partial charge in [0.2, 0.25) is 11.8 Å². The largest absolute Gasteiger partial charge is 0.338 e. The molecule has 0 unspecified atom stereocenters. The van der Waals surface area contributed by atoms with Crippen molar-refractivity contribution in [2.45, 2.75) is 45.2 Å². The van der Waals surface area contributed by atoms with Crippen molar-refractivity contribution in [3.05, 3.63) is 70.6 Å². The summed E-state index contributed by atoms with van der Waals surface area (Å²) in [7, 11) is 1.96. The number of nitrogens with zero attached hydrogens (tertiary/aromatic N) is 2. The zero-order valence-electron chi connectivity index (χ0n) is 19.0. The van der Waals surface area contributed by atoms with Crippen LogP contribution in [0.3, 0.4) is 0 Å². The van der Waals surface area contributed by atoms with Gasteiger partial charge < -0.3 is 9.80 Å². The summed E-state index contributed by atoms with van der Waals surface area (Å²) in [5.41, 5.74) is 3.64. The first-order valence-corrected chi connectivity index (χ1v) is 12.4. The van der Waals surface area contributed by atoms with Gasteiger partial charge in [-0.2, -0.15) is 0 Å². The second-order valence-electron chi connectivity index (χ2n) is 9.39. The Labute approximate surface area is 193 Å². The molecule has 1 saturated carbocycles. The molecule has 1 fully saturated rings. The number of hydrogen-bond acceptors (Lipinski definition) is 3. The van der Waals surface area contributed by atoms with E-state index in [1.54, 1.807) is 18.3 Å². The van der Waals surface area contributed by atoms with Crippen molar-refractivity contribution in [1.82, 2.24) is 9.80 Å². The monoisotopic (exact) mass is 446 g/mol. The number of fused-ring (bicyclic) bond motifs is 2. The molecule has 1 aromatic heterocycles. The van der Waals surface area contributed by atoms with Crippen LogP contribution in [0.2, 0.25) is 0 Å². The molecule has 0 N–H and O–H groups in total. The van der Waals surface area contributed by atoms with Crippen LogP contribution in [-0.2, 0) is 16.0 Å². The van der Waals surface area contributed by atoms with Crippen molar-refractivity contribution >= 4 is 33.2 Å². The number of thiophene rings is 1. The fraction of sp³-hybridized carbons (Fsp3) is 0.407. The molecule has 5 rings (SSSR count). The van der Waals surface area contributed by atoms with E-state index in [2.05, 4.69) is 48.7 Å². The highest BCUT2D eigenvalue weighted by Gasteiger charge is 2.44. The molecule has 1 aliphatic heterocycles. The van der Waals surface area contributed by atoms with Gasteiger partial charge in [0.05, 0.1) is 18.5 Å². The quantitative estimate of drug-likeness (QED) is 0.512. The highest BCUT2D eigenvalue weighted by atomic mass is 32.1. The standard InChI is InChI=1S/C27H30N2O2S/c1-17-14-22(17)27(23-16-32-25-11-7-6-10-21(23)25)28(3)26(31)15-24-20-9-5-4-8-19(20)12-13-29(24)18(2)30/h4-11,16-17,22,24,27H,12-15H2,1-3H3/t17-,22-,24+,27+/m1/s1. The molecule has 2 aromatic carbocycles. The van der Waals surface area contributed by atoms with Crippen LogP contribution in [0.15, 0.2) is 53.9 Å². The molecule has 5 heteroatoms. The van der Waals surface area contributed by atoms with Gasteiger partial charge in [0.15, 0.2) is 0 Å². The Bertz CT molecular complexity index is 1170. The first-order chi connectivity index (χ1) is 15.5. The number of amides is 2. The van der Waals surface area contributed by atoms with Crippen LogP contribution in [0, 0.1) is 11.8 Å². The summed E-state index contributed by atoms with van der Waals surface area (Å²) in [5.74, 6) is 1.26. The smallest absolute Gasteiger partial charge is 0.225 e. The first kappa shape index (κ1) is 21.2. The zero-order valence-corrected chi connectivity index (χ0v) is 19.8. The molecule has 2 heterocycles. The van der Waals surface area contributed by atoms with E-state index >= 15 is 0 Å². The van der Waals surface area contributed by atoms with Crippen molar-refractivity contribution in [3.63, 3.8) is 0 Å². The van der Waals surface area contributed by atoms with Crippen molar-refractivity contribution < 1.29 is 9.59 Å². The van der Waals surface area contributed by atoms with Crippen LogP contribution < -0.4 is 0 Å². The van der Waals surface area contributed by atoms with E-state index < -0.39 is 0 Å². The second-order valence-corrected chi connectivity index (χ2v) is 10.3. The Morgan fingerprint density at radius 2 is 1.88 bits per heavy atom. The molecule has 0 saturated heterocycles. The molecule has 166 valence electrons. The third kappa shape index (κ3) is 3.73. The molecule has 0 radical (unpaired) electrons. The fourth-order valence-electron chi connectivity index (χ4n) is 5.46. The summed E-state index contributed by atoms with van der Waals surface area (Å²) >= 11 is 1.76. The second kappa shape index (κ2) is 8.36. The van der Waals surface area contributed by atoms with Crippen molar-refractivity contribution in [2.75, 3.05) is 13.6 Å². The average molecular weight is 447 g/mol. The minimum absolute atomic E-state index is 0.0381. The number of hydrogen-bond donors (Lipinski definition) is 0. The maximum Gasteiger partial charge on any atom is 0.225 e. The summed E-state index contributed by atoms with van der Waals surface area (Å²) < 4.78 is 1.27. The lowest BCUT2D eigenvalue weighted by Crippen LogP contribution is -2.42. The summed E-state index contributed by atoms with van der Waals surface area (Å²) in [6.07, 6.45) is 2.32. The Morgan fingerprint density at radius 1 is 1.16 bits per heavy atom. The minimum atomic E-state index is -0.191. The van der Waals surface area contributed by atoms with E-state index in [1.807, 2.05) is 29.0 Å². The van der Waals surface area contributed by atoms with E-state index in [9.17, 15) is 9.59 Å². The minimum Gasteiger partial charge on any atom is -0.338 e. The van der Waals surface area contributed by atoms with Gasteiger partial charge in [-0.25, -0.2) is 0 Å². The van der Waals surface area contributed by atoms with Crippen molar-refractivity contribution in [3.8, 4) is 0 Å². The van der Waals surface area contributed by atoms with Crippen LogP contribution >= 0.6 is 11.3 Å². The van der Waals surface area contributed by atoms with Crippen molar-refractivity contribution in [1.29, 1.82) is 0 Å². The van der Waals surface area contributed by atoms with E-state index in [-0.39, 0.29) is 23.9 Å². The van der Waals surface area contributed by atoms with Gasteiger partial charge in [0.1, 0.15) is 0 Å². The molecule has 2 amide bonds. The van der Waals surface area contributed by atoms with Crippen LogP contribution in [0.1, 0.15) is 55.5 Å². The Balaban J connectivity index is 1.45. The third-order valence-corrected chi connectivity index (χ3v) is 8.38. The maximum absolute atomic E-state index is 13.7. The van der Waals surface area contributed by atoms with E-state index in [0.29, 0.717) is 24.8 Å². The summed E-state index contributed by atoms with van der Waals surface area (Å²) in [6, 6.07) is 16.6. The number of carbonyl (C=O) groups excluding carboxylic acids is 2. The molecule has 3 aromatic rings. The van der Waals surface area contributed by atoms with Crippen LogP contribution in [0.5, 0.6) is 0 Å². The van der Waals surface area contributed by atoms with Gasteiger partial charge in [-0.15, -0.1) is 11.3 Å².